The predicted molar refractivity (Wildman–Crippen MR) is 66.5 cm³/mol. The van der Waals surface area contributed by atoms with E-state index in [1.165, 1.54) is 16.3 Å². The zero-order chi connectivity index (χ0) is 9.97. The molecular weight excluding hydrogens is 259 g/mol. The van der Waals surface area contributed by atoms with Gasteiger partial charge in [0.1, 0.15) is 0 Å². The van der Waals surface area contributed by atoms with E-state index in [9.17, 15) is 0 Å². The Kier molecular flexibility index (Phi) is 3.09. The maximum Gasteiger partial charge on any atom is 0.0412 e. The molecule has 2 aromatic carbocycles. The maximum absolute atomic E-state index is 5.98. The summed E-state index contributed by atoms with van der Waals surface area (Å²) >= 11 is 9.44. The lowest BCUT2D eigenvalue weighted by atomic mass is 10.0. The zero-order valence-electron chi connectivity index (χ0n) is 7.63. The molecule has 0 aromatic heterocycles. The molecule has 0 fully saturated rings. The van der Waals surface area contributed by atoms with Crippen LogP contribution in [-0.2, 0) is 6.42 Å². The fourth-order valence-corrected chi connectivity index (χ4v) is 2.23. The summed E-state index contributed by atoms with van der Waals surface area (Å²) < 4.78 is 0. The number of halogens is 2. The maximum atomic E-state index is 5.98. The molecule has 72 valence electrons. The molecule has 0 aliphatic heterocycles. The summed E-state index contributed by atoms with van der Waals surface area (Å²) in [6.45, 7) is 0. The van der Waals surface area contributed by atoms with Crippen molar-refractivity contribution in [2.75, 3.05) is 5.33 Å². The fraction of sp³-hybridized carbons (Fsp3) is 0.167. The van der Waals surface area contributed by atoms with Crippen molar-refractivity contribution in [3.8, 4) is 0 Å². The molecule has 0 amide bonds. The first-order chi connectivity index (χ1) is 6.81. The number of fused-ring (bicyclic) bond motifs is 1. The van der Waals surface area contributed by atoms with Gasteiger partial charge in [-0.2, -0.15) is 0 Å². The number of hydrogen-bond donors (Lipinski definition) is 0. The molecule has 0 bridgehead atoms. The SMILES string of the molecule is Clc1ccc2cccc(CCBr)c2c1. The molecule has 0 atom stereocenters. The molecule has 0 aliphatic rings. The van der Waals surface area contributed by atoms with Crippen molar-refractivity contribution in [1.29, 1.82) is 0 Å². The molecule has 2 heteroatoms. The molecule has 0 saturated carbocycles. The van der Waals surface area contributed by atoms with E-state index in [1.54, 1.807) is 0 Å². The Bertz CT molecular complexity index is 451. The molecule has 0 spiro atoms. The topological polar surface area (TPSA) is 0 Å². The summed E-state index contributed by atoms with van der Waals surface area (Å²) in [5.74, 6) is 0. The second kappa shape index (κ2) is 4.33. The van der Waals surface area contributed by atoms with Crippen LogP contribution in [0.4, 0.5) is 0 Å². The van der Waals surface area contributed by atoms with Crippen molar-refractivity contribution in [3.05, 3.63) is 47.0 Å². The van der Waals surface area contributed by atoms with Crippen LogP contribution in [0.5, 0.6) is 0 Å². The highest BCUT2D eigenvalue weighted by molar-refractivity contribution is 9.09. The summed E-state index contributed by atoms with van der Waals surface area (Å²) in [6.07, 6.45) is 1.04. The van der Waals surface area contributed by atoms with E-state index in [0.717, 1.165) is 16.8 Å². The van der Waals surface area contributed by atoms with E-state index in [-0.39, 0.29) is 0 Å². The standard InChI is InChI=1S/C12H10BrCl/c13-7-6-10-3-1-2-9-4-5-11(14)8-12(9)10/h1-5,8H,6-7H2. The molecule has 0 N–H and O–H groups in total. The Balaban J connectivity index is 2.64. The molecule has 0 unspecified atom stereocenters. The molecule has 14 heavy (non-hydrogen) atoms. The Morgan fingerprint density at radius 3 is 2.79 bits per heavy atom. The molecule has 2 aromatic rings. The van der Waals surface area contributed by atoms with Crippen molar-refractivity contribution in [3.63, 3.8) is 0 Å². The first-order valence-corrected chi connectivity index (χ1v) is 6.04. The van der Waals surface area contributed by atoms with E-state index in [0.29, 0.717) is 0 Å². The number of rotatable bonds is 2. The number of hydrogen-bond acceptors (Lipinski definition) is 0. The van der Waals surface area contributed by atoms with Crippen molar-refractivity contribution < 1.29 is 0 Å². The number of aryl methyl sites for hydroxylation is 1. The monoisotopic (exact) mass is 268 g/mol. The van der Waals surface area contributed by atoms with Gasteiger partial charge in [-0.1, -0.05) is 51.8 Å². The van der Waals surface area contributed by atoms with Crippen LogP contribution in [0.3, 0.4) is 0 Å². The Labute approximate surface area is 97.0 Å². The van der Waals surface area contributed by atoms with E-state index < -0.39 is 0 Å². The van der Waals surface area contributed by atoms with Gasteiger partial charge in [-0.15, -0.1) is 0 Å². The number of alkyl halides is 1. The zero-order valence-corrected chi connectivity index (χ0v) is 9.98. The van der Waals surface area contributed by atoms with E-state index in [2.05, 4.69) is 40.2 Å². The average molecular weight is 270 g/mol. The van der Waals surface area contributed by atoms with Crippen molar-refractivity contribution >= 4 is 38.3 Å². The van der Waals surface area contributed by atoms with Crippen LogP contribution in [0.2, 0.25) is 5.02 Å². The van der Waals surface area contributed by atoms with Crippen LogP contribution < -0.4 is 0 Å². The Morgan fingerprint density at radius 1 is 1.14 bits per heavy atom. The van der Waals surface area contributed by atoms with Gasteiger partial charge in [0, 0.05) is 10.4 Å². The summed E-state index contributed by atoms with van der Waals surface area (Å²) in [5, 5.41) is 4.31. The Morgan fingerprint density at radius 2 is 2.00 bits per heavy atom. The lowest BCUT2D eigenvalue weighted by Gasteiger charge is -2.04. The number of benzene rings is 2. The molecule has 0 saturated heterocycles. The van der Waals surface area contributed by atoms with Gasteiger partial charge in [0.25, 0.3) is 0 Å². The third-order valence-electron chi connectivity index (χ3n) is 2.30. The van der Waals surface area contributed by atoms with E-state index in [1.807, 2.05) is 12.1 Å². The van der Waals surface area contributed by atoms with Gasteiger partial charge in [0.15, 0.2) is 0 Å². The van der Waals surface area contributed by atoms with Gasteiger partial charge >= 0.3 is 0 Å². The lowest BCUT2D eigenvalue weighted by molar-refractivity contribution is 1.19. The smallest absolute Gasteiger partial charge is 0.0412 e. The van der Waals surface area contributed by atoms with Crippen LogP contribution in [0.25, 0.3) is 10.8 Å². The second-order valence-corrected chi connectivity index (χ2v) is 4.45. The van der Waals surface area contributed by atoms with Crippen molar-refractivity contribution in [2.45, 2.75) is 6.42 Å². The quantitative estimate of drug-likeness (QED) is 0.708. The average Bonchev–Trinajstić information content (AvgIpc) is 2.19. The highest BCUT2D eigenvalue weighted by Crippen LogP contribution is 2.23. The van der Waals surface area contributed by atoms with Crippen LogP contribution in [0.15, 0.2) is 36.4 Å². The predicted octanol–water partition coefficient (Wildman–Crippen LogP) is 4.43. The van der Waals surface area contributed by atoms with Crippen molar-refractivity contribution in [2.24, 2.45) is 0 Å². The lowest BCUT2D eigenvalue weighted by Crippen LogP contribution is -1.87. The van der Waals surface area contributed by atoms with Gasteiger partial charge in [0.2, 0.25) is 0 Å². The molecular formula is C12H10BrCl. The van der Waals surface area contributed by atoms with Gasteiger partial charge in [-0.05, 0) is 34.9 Å². The van der Waals surface area contributed by atoms with Gasteiger partial charge in [-0.3, -0.25) is 0 Å². The first-order valence-electron chi connectivity index (χ1n) is 4.54. The largest absolute Gasteiger partial charge is 0.0924 e. The minimum atomic E-state index is 0.805. The van der Waals surface area contributed by atoms with Gasteiger partial charge < -0.3 is 0 Å². The third-order valence-corrected chi connectivity index (χ3v) is 2.93. The third kappa shape index (κ3) is 1.94. The fourth-order valence-electron chi connectivity index (χ4n) is 1.63. The van der Waals surface area contributed by atoms with Crippen LogP contribution in [-0.4, -0.2) is 5.33 Å². The molecule has 2 rings (SSSR count). The second-order valence-electron chi connectivity index (χ2n) is 3.22. The molecule has 0 aliphatic carbocycles. The minimum Gasteiger partial charge on any atom is -0.0924 e. The highest BCUT2D eigenvalue weighted by Gasteiger charge is 2.00. The molecule has 0 nitrogen and oxygen atoms in total. The highest BCUT2D eigenvalue weighted by atomic mass is 79.9. The van der Waals surface area contributed by atoms with E-state index in [4.69, 9.17) is 11.6 Å². The van der Waals surface area contributed by atoms with Gasteiger partial charge in [0.05, 0.1) is 0 Å². The Hall–Kier alpha value is -0.530. The van der Waals surface area contributed by atoms with E-state index >= 15 is 0 Å². The first kappa shape index (κ1) is 10.0. The van der Waals surface area contributed by atoms with Crippen LogP contribution >= 0.6 is 27.5 Å². The molecule has 0 heterocycles. The van der Waals surface area contributed by atoms with Crippen LogP contribution in [0, 0.1) is 0 Å². The minimum absolute atomic E-state index is 0.805. The summed E-state index contributed by atoms with van der Waals surface area (Å²) in [7, 11) is 0. The summed E-state index contributed by atoms with van der Waals surface area (Å²) in [6, 6.07) is 12.4. The normalized spacial score (nSPS) is 10.7. The molecule has 0 radical (unpaired) electrons. The van der Waals surface area contributed by atoms with Crippen molar-refractivity contribution in [1.82, 2.24) is 0 Å². The summed E-state index contributed by atoms with van der Waals surface area (Å²) in [4.78, 5) is 0. The van der Waals surface area contributed by atoms with Crippen LogP contribution in [0.1, 0.15) is 5.56 Å². The summed E-state index contributed by atoms with van der Waals surface area (Å²) in [5.41, 5.74) is 1.35. The van der Waals surface area contributed by atoms with Gasteiger partial charge in [-0.25, -0.2) is 0 Å².